The average molecular weight is 341 g/mol. The fraction of sp³-hybridized carbons (Fsp3) is 0.263. The maximum absolute atomic E-state index is 5.89. The van der Waals surface area contributed by atoms with Crippen LogP contribution in [0.3, 0.4) is 0 Å². The van der Waals surface area contributed by atoms with Crippen LogP contribution in [0.25, 0.3) is 0 Å². The highest BCUT2D eigenvalue weighted by molar-refractivity contribution is 7.80. The number of ether oxygens (including phenoxy) is 1. The van der Waals surface area contributed by atoms with E-state index in [9.17, 15) is 0 Å². The minimum Gasteiger partial charge on any atom is -0.490 e. The van der Waals surface area contributed by atoms with Gasteiger partial charge >= 0.3 is 0 Å². The molecule has 0 aliphatic rings. The molecule has 2 aromatic rings. The third-order valence-electron chi connectivity index (χ3n) is 3.49. The van der Waals surface area contributed by atoms with E-state index in [1.165, 1.54) is 0 Å². The van der Waals surface area contributed by atoms with Crippen molar-refractivity contribution in [2.45, 2.75) is 32.9 Å². The van der Waals surface area contributed by atoms with Crippen LogP contribution in [-0.4, -0.2) is 17.4 Å². The van der Waals surface area contributed by atoms with E-state index in [0.29, 0.717) is 11.7 Å². The first-order valence-electron chi connectivity index (χ1n) is 8.05. The van der Waals surface area contributed by atoms with Crippen LogP contribution < -0.4 is 15.5 Å². The summed E-state index contributed by atoms with van der Waals surface area (Å²) in [6.45, 7) is 4.81. The minimum absolute atomic E-state index is 0.168. The first-order chi connectivity index (χ1) is 11.7. The van der Waals surface area contributed by atoms with Gasteiger partial charge in [-0.2, -0.15) is 5.10 Å². The first kappa shape index (κ1) is 17.9. The van der Waals surface area contributed by atoms with Crippen LogP contribution in [0.2, 0.25) is 0 Å². The second kappa shape index (κ2) is 9.67. The number of thiocarbonyl (C=S) groups is 1. The summed E-state index contributed by atoms with van der Waals surface area (Å²) >= 11 is 5.22. The predicted molar refractivity (Wildman–Crippen MR) is 103 cm³/mol. The summed E-state index contributed by atoms with van der Waals surface area (Å²) in [7, 11) is 0. The lowest BCUT2D eigenvalue weighted by molar-refractivity contribution is 0.217. The van der Waals surface area contributed by atoms with E-state index in [-0.39, 0.29) is 6.10 Å². The molecule has 0 fully saturated rings. The van der Waals surface area contributed by atoms with Gasteiger partial charge in [0.1, 0.15) is 5.75 Å². The molecule has 126 valence electrons. The molecule has 5 heteroatoms. The molecule has 4 nitrogen and oxygen atoms in total. The van der Waals surface area contributed by atoms with E-state index in [1.807, 2.05) is 54.6 Å². The molecule has 0 radical (unpaired) electrons. The lowest BCUT2D eigenvalue weighted by Gasteiger charge is -2.14. The van der Waals surface area contributed by atoms with Gasteiger partial charge in [0, 0.05) is 12.1 Å². The number of rotatable bonds is 7. The quantitative estimate of drug-likeness (QED) is 0.456. The van der Waals surface area contributed by atoms with Crippen LogP contribution in [0.1, 0.15) is 31.4 Å². The number of para-hydroxylation sites is 1. The van der Waals surface area contributed by atoms with Gasteiger partial charge in [0.2, 0.25) is 0 Å². The number of hydrogen-bond donors (Lipinski definition) is 2. The molecule has 0 aromatic heterocycles. The third kappa shape index (κ3) is 6.01. The van der Waals surface area contributed by atoms with Gasteiger partial charge in [-0.05, 0) is 43.3 Å². The highest BCUT2D eigenvalue weighted by Gasteiger charge is 2.04. The van der Waals surface area contributed by atoms with Crippen molar-refractivity contribution in [2.24, 2.45) is 5.10 Å². The molecule has 0 saturated heterocycles. The molecule has 0 saturated carbocycles. The van der Waals surface area contributed by atoms with Crippen molar-refractivity contribution in [2.75, 3.05) is 0 Å². The van der Waals surface area contributed by atoms with Crippen molar-refractivity contribution in [1.82, 2.24) is 10.7 Å². The van der Waals surface area contributed by atoms with Crippen molar-refractivity contribution in [3.8, 4) is 5.75 Å². The van der Waals surface area contributed by atoms with E-state index < -0.39 is 0 Å². The second-order valence-electron chi connectivity index (χ2n) is 5.41. The Kier molecular flexibility index (Phi) is 7.23. The summed E-state index contributed by atoms with van der Waals surface area (Å²) in [5.41, 5.74) is 4.91. The van der Waals surface area contributed by atoms with Crippen LogP contribution in [0.15, 0.2) is 59.7 Å². The van der Waals surface area contributed by atoms with Gasteiger partial charge in [-0.3, -0.25) is 5.43 Å². The molecule has 24 heavy (non-hydrogen) atoms. The molecule has 2 aromatic carbocycles. The second-order valence-corrected chi connectivity index (χ2v) is 5.82. The third-order valence-corrected chi connectivity index (χ3v) is 3.72. The van der Waals surface area contributed by atoms with Gasteiger partial charge in [-0.25, -0.2) is 0 Å². The fourth-order valence-electron chi connectivity index (χ4n) is 1.97. The van der Waals surface area contributed by atoms with E-state index >= 15 is 0 Å². The zero-order chi connectivity index (χ0) is 17.2. The normalized spacial score (nSPS) is 11.9. The Morgan fingerprint density at radius 3 is 2.62 bits per heavy atom. The van der Waals surface area contributed by atoms with Crippen LogP contribution in [0.4, 0.5) is 0 Å². The highest BCUT2D eigenvalue weighted by Crippen LogP contribution is 2.18. The van der Waals surface area contributed by atoms with E-state index in [2.05, 4.69) is 29.7 Å². The number of nitrogens with zero attached hydrogens (tertiary/aromatic N) is 1. The SMILES string of the molecule is CC[C@@H](C)Oc1ccccc1/C=N\NC(=S)NCc1ccccc1. The molecule has 0 amide bonds. The topological polar surface area (TPSA) is 45.6 Å². The first-order valence-corrected chi connectivity index (χ1v) is 8.46. The number of benzene rings is 2. The molecule has 0 heterocycles. The van der Waals surface area contributed by atoms with Gasteiger partial charge in [-0.1, -0.05) is 49.4 Å². The summed E-state index contributed by atoms with van der Waals surface area (Å²) in [6.07, 6.45) is 2.84. The number of hydrazone groups is 1. The highest BCUT2D eigenvalue weighted by atomic mass is 32.1. The smallest absolute Gasteiger partial charge is 0.187 e. The Balaban J connectivity index is 1.86. The molecule has 2 N–H and O–H groups in total. The summed E-state index contributed by atoms with van der Waals surface area (Å²) < 4.78 is 5.89. The molecule has 0 aliphatic carbocycles. The molecular weight excluding hydrogens is 318 g/mol. The van der Waals surface area contributed by atoms with Gasteiger partial charge in [0.05, 0.1) is 12.3 Å². The van der Waals surface area contributed by atoms with Gasteiger partial charge in [0.15, 0.2) is 5.11 Å². The van der Waals surface area contributed by atoms with E-state index in [4.69, 9.17) is 17.0 Å². The Hall–Kier alpha value is -2.40. The molecule has 1 atom stereocenters. The lowest BCUT2D eigenvalue weighted by atomic mass is 10.2. The molecule has 0 unspecified atom stereocenters. The monoisotopic (exact) mass is 341 g/mol. The van der Waals surface area contributed by atoms with Crippen LogP contribution >= 0.6 is 12.2 Å². The van der Waals surface area contributed by atoms with Crippen LogP contribution in [-0.2, 0) is 6.54 Å². The molecular formula is C19H23N3OS. The molecule has 0 aliphatic heterocycles. The van der Waals surface area contributed by atoms with E-state index in [1.54, 1.807) is 6.21 Å². The van der Waals surface area contributed by atoms with Crippen molar-refractivity contribution in [3.63, 3.8) is 0 Å². The summed E-state index contributed by atoms with van der Waals surface area (Å²) in [5.74, 6) is 0.820. The zero-order valence-electron chi connectivity index (χ0n) is 14.0. The Bertz CT molecular complexity index is 673. The van der Waals surface area contributed by atoms with Crippen LogP contribution in [0, 0.1) is 0 Å². The van der Waals surface area contributed by atoms with Crippen molar-refractivity contribution >= 4 is 23.5 Å². The molecule has 2 rings (SSSR count). The maximum atomic E-state index is 5.89. The van der Waals surface area contributed by atoms with Crippen LogP contribution in [0.5, 0.6) is 5.75 Å². The summed E-state index contributed by atoms with van der Waals surface area (Å²) in [6, 6.07) is 17.9. The zero-order valence-corrected chi connectivity index (χ0v) is 14.8. The predicted octanol–water partition coefficient (Wildman–Crippen LogP) is 3.86. The van der Waals surface area contributed by atoms with Crippen molar-refractivity contribution < 1.29 is 4.74 Å². The van der Waals surface area contributed by atoms with E-state index in [0.717, 1.165) is 23.3 Å². The fourth-order valence-corrected chi connectivity index (χ4v) is 2.10. The average Bonchev–Trinajstić information content (AvgIpc) is 2.62. The van der Waals surface area contributed by atoms with Crippen molar-refractivity contribution in [1.29, 1.82) is 0 Å². The van der Waals surface area contributed by atoms with Gasteiger partial charge in [0.25, 0.3) is 0 Å². The number of nitrogens with one attached hydrogen (secondary N) is 2. The van der Waals surface area contributed by atoms with Gasteiger partial charge < -0.3 is 10.1 Å². The largest absolute Gasteiger partial charge is 0.490 e. The Labute approximate surface area is 148 Å². The number of hydrogen-bond acceptors (Lipinski definition) is 3. The maximum Gasteiger partial charge on any atom is 0.187 e. The molecule has 0 spiro atoms. The Morgan fingerprint density at radius 2 is 1.88 bits per heavy atom. The molecule has 0 bridgehead atoms. The minimum atomic E-state index is 0.168. The standard InChI is InChI=1S/C19H23N3OS/c1-3-15(2)23-18-12-8-7-11-17(18)14-21-22-19(24)20-13-16-9-5-4-6-10-16/h4-12,14-15H,3,13H2,1-2H3,(H2,20,22,24)/b21-14-/t15-/m1/s1. The van der Waals surface area contributed by atoms with Crippen molar-refractivity contribution in [3.05, 3.63) is 65.7 Å². The van der Waals surface area contributed by atoms with Gasteiger partial charge in [-0.15, -0.1) is 0 Å². The lowest BCUT2D eigenvalue weighted by Crippen LogP contribution is -2.31. The Morgan fingerprint density at radius 1 is 1.17 bits per heavy atom. The summed E-state index contributed by atoms with van der Waals surface area (Å²) in [5, 5.41) is 7.79. The summed E-state index contributed by atoms with van der Waals surface area (Å²) in [4.78, 5) is 0.